The van der Waals surface area contributed by atoms with E-state index in [2.05, 4.69) is 39.9 Å². The Morgan fingerprint density at radius 3 is 2.11 bits per heavy atom. The summed E-state index contributed by atoms with van der Waals surface area (Å²) in [4.78, 5) is 11.2. The molecular weight excluding hydrogens is 226 g/mol. The van der Waals surface area contributed by atoms with Crippen molar-refractivity contribution in [3.8, 4) is 0 Å². The van der Waals surface area contributed by atoms with Gasteiger partial charge in [0.25, 0.3) is 0 Å². The van der Waals surface area contributed by atoms with Gasteiger partial charge in [-0.1, -0.05) is 30.8 Å². The van der Waals surface area contributed by atoms with Gasteiger partial charge in [0, 0.05) is 11.1 Å². The first-order chi connectivity index (χ1) is 8.28. The number of rotatable bonds is 5. The molecule has 0 fully saturated rings. The molecule has 0 spiro atoms. The number of nitrogens with zero attached hydrogens (tertiary/aromatic N) is 1. The van der Waals surface area contributed by atoms with Gasteiger partial charge in [-0.05, 0) is 12.5 Å². The molecule has 0 radical (unpaired) electrons. The maximum absolute atomic E-state index is 11.2. The topological polar surface area (TPSA) is 26.3 Å². The molecule has 0 unspecified atom stereocenters. The highest BCUT2D eigenvalue weighted by Gasteiger charge is 2.08. The number of quaternary nitrogens is 1. The quantitative estimate of drug-likeness (QED) is 0.455. The lowest BCUT2D eigenvalue weighted by molar-refractivity contribution is -0.884. The average molecular weight is 248 g/mol. The average Bonchev–Trinajstić information content (AvgIpc) is 2.25. The van der Waals surface area contributed by atoms with Crippen molar-refractivity contribution in [3.63, 3.8) is 0 Å². The van der Waals surface area contributed by atoms with Gasteiger partial charge in [-0.15, -0.1) is 0 Å². The fourth-order valence-electron chi connectivity index (χ4n) is 1.56. The third kappa shape index (κ3) is 5.15. The monoisotopic (exact) mass is 248 g/mol. The molecule has 0 heterocycles. The molecule has 0 bridgehead atoms. The zero-order chi connectivity index (χ0) is 13.8. The molecule has 0 aliphatic heterocycles. The zero-order valence-corrected chi connectivity index (χ0v) is 11.7. The molecule has 0 amide bonds. The van der Waals surface area contributed by atoms with Crippen molar-refractivity contribution in [2.75, 3.05) is 21.1 Å². The summed E-state index contributed by atoms with van der Waals surface area (Å²) in [6.07, 6.45) is 0. The Hall–Kier alpha value is -1.61. The predicted octanol–water partition coefficient (Wildman–Crippen LogP) is 2.51. The predicted molar refractivity (Wildman–Crippen MR) is 72.8 cm³/mol. The van der Waals surface area contributed by atoms with Gasteiger partial charge in [-0.2, -0.15) is 0 Å². The van der Waals surface area contributed by atoms with Crippen LogP contribution < -0.4 is 0 Å². The minimum absolute atomic E-state index is 0.302. The molecule has 98 valence electrons. The van der Waals surface area contributed by atoms with Crippen LogP contribution >= 0.6 is 0 Å². The molecule has 0 N–H and O–H groups in total. The summed E-state index contributed by atoms with van der Waals surface area (Å²) < 4.78 is 5.98. The highest BCUT2D eigenvalue weighted by atomic mass is 16.5. The van der Waals surface area contributed by atoms with E-state index in [1.807, 2.05) is 12.1 Å². The molecule has 0 saturated heterocycles. The van der Waals surface area contributed by atoms with Crippen LogP contribution in [0.1, 0.15) is 18.1 Å². The van der Waals surface area contributed by atoms with Crippen LogP contribution in [0.3, 0.4) is 0 Å². The maximum Gasteiger partial charge on any atom is 0.333 e. The van der Waals surface area contributed by atoms with E-state index in [4.69, 9.17) is 4.74 Å². The normalized spacial score (nSPS) is 11.1. The molecule has 0 atom stereocenters. The van der Waals surface area contributed by atoms with E-state index in [0.717, 1.165) is 16.6 Å². The van der Waals surface area contributed by atoms with Gasteiger partial charge in [0.15, 0.2) is 0 Å². The summed E-state index contributed by atoms with van der Waals surface area (Å²) in [6, 6.07) is 8.15. The lowest BCUT2D eigenvalue weighted by atomic mass is 10.1. The summed E-state index contributed by atoms with van der Waals surface area (Å²) in [6.45, 7) is 6.47. The van der Waals surface area contributed by atoms with Crippen LogP contribution in [0.5, 0.6) is 0 Å². The summed E-state index contributed by atoms with van der Waals surface area (Å²) >= 11 is 0. The highest BCUT2D eigenvalue weighted by Crippen LogP contribution is 2.10. The van der Waals surface area contributed by atoms with Crippen molar-refractivity contribution in [1.82, 2.24) is 0 Å². The smallest absolute Gasteiger partial charge is 0.333 e. The van der Waals surface area contributed by atoms with Crippen molar-refractivity contribution < 1.29 is 14.0 Å². The molecule has 18 heavy (non-hydrogen) atoms. The van der Waals surface area contributed by atoms with Crippen molar-refractivity contribution in [3.05, 3.63) is 47.5 Å². The lowest BCUT2D eigenvalue weighted by Gasteiger charge is -2.23. The Morgan fingerprint density at radius 1 is 1.17 bits per heavy atom. The summed E-state index contributed by atoms with van der Waals surface area (Å²) in [5, 5.41) is 0. The van der Waals surface area contributed by atoms with Gasteiger partial charge in [0.2, 0.25) is 0 Å². The zero-order valence-electron chi connectivity index (χ0n) is 11.7. The molecule has 0 aliphatic rings. The van der Waals surface area contributed by atoms with Crippen LogP contribution in [-0.2, 0) is 22.7 Å². The highest BCUT2D eigenvalue weighted by molar-refractivity contribution is 5.86. The molecule has 0 aliphatic carbocycles. The fraction of sp³-hybridized carbons (Fsp3) is 0.400. The summed E-state index contributed by atoms with van der Waals surface area (Å²) in [5.74, 6) is -0.342. The van der Waals surface area contributed by atoms with Crippen LogP contribution in [0.2, 0.25) is 0 Å². The van der Waals surface area contributed by atoms with Gasteiger partial charge in [0.1, 0.15) is 13.2 Å². The fourth-order valence-corrected chi connectivity index (χ4v) is 1.56. The van der Waals surface area contributed by atoms with Crippen LogP contribution in [0.25, 0.3) is 0 Å². The third-order valence-electron chi connectivity index (χ3n) is 2.40. The van der Waals surface area contributed by atoms with Gasteiger partial charge < -0.3 is 9.22 Å². The van der Waals surface area contributed by atoms with E-state index < -0.39 is 0 Å². The molecule has 1 aromatic carbocycles. The minimum Gasteiger partial charge on any atom is -0.457 e. The summed E-state index contributed by atoms with van der Waals surface area (Å²) in [5.41, 5.74) is 2.70. The number of hydrogen-bond donors (Lipinski definition) is 0. The Labute approximate surface area is 109 Å². The molecular formula is C15H22NO2+. The number of benzene rings is 1. The van der Waals surface area contributed by atoms with E-state index in [0.29, 0.717) is 12.2 Å². The number of carbonyl (C=O) groups excluding carboxylic acids is 1. The Balaban J connectivity index is 2.56. The lowest BCUT2D eigenvalue weighted by Crippen LogP contribution is -2.33. The van der Waals surface area contributed by atoms with Crippen molar-refractivity contribution in [2.45, 2.75) is 20.1 Å². The molecule has 0 aromatic heterocycles. The first-order valence-corrected chi connectivity index (χ1v) is 5.99. The Bertz CT molecular complexity index is 427. The third-order valence-corrected chi connectivity index (χ3v) is 2.40. The second-order valence-electron chi connectivity index (χ2n) is 5.62. The van der Waals surface area contributed by atoms with E-state index in [-0.39, 0.29) is 5.97 Å². The van der Waals surface area contributed by atoms with Crippen molar-refractivity contribution in [1.29, 1.82) is 0 Å². The second-order valence-corrected chi connectivity index (χ2v) is 5.62. The van der Waals surface area contributed by atoms with Gasteiger partial charge in [-0.3, -0.25) is 0 Å². The summed E-state index contributed by atoms with van der Waals surface area (Å²) in [7, 11) is 6.47. The van der Waals surface area contributed by atoms with Crippen LogP contribution in [-0.4, -0.2) is 31.6 Å². The molecule has 1 aromatic rings. The van der Waals surface area contributed by atoms with Crippen LogP contribution in [0, 0.1) is 0 Å². The molecule has 3 nitrogen and oxygen atoms in total. The van der Waals surface area contributed by atoms with E-state index in [9.17, 15) is 4.79 Å². The molecule has 0 saturated carbocycles. The SMILES string of the molecule is C=C(C)C(=O)OCc1ccc(C[N+](C)(C)C)cc1. The number of ether oxygens (including phenoxy) is 1. The number of hydrogen-bond acceptors (Lipinski definition) is 2. The van der Waals surface area contributed by atoms with Crippen LogP contribution in [0.4, 0.5) is 0 Å². The standard InChI is InChI=1S/C15H22NO2/c1-12(2)15(17)18-11-14-8-6-13(7-9-14)10-16(3,4)5/h6-9H,1,10-11H2,2-5H3/q+1. The van der Waals surface area contributed by atoms with E-state index in [1.54, 1.807) is 6.92 Å². The van der Waals surface area contributed by atoms with Gasteiger partial charge in [0.05, 0.1) is 21.1 Å². The second kappa shape index (κ2) is 5.83. The molecule has 1 rings (SSSR count). The number of esters is 1. The first kappa shape index (κ1) is 14.5. The van der Waals surface area contributed by atoms with Gasteiger partial charge in [-0.25, -0.2) is 4.79 Å². The van der Waals surface area contributed by atoms with Crippen molar-refractivity contribution >= 4 is 5.97 Å². The minimum atomic E-state index is -0.342. The largest absolute Gasteiger partial charge is 0.457 e. The Morgan fingerprint density at radius 2 is 1.67 bits per heavy atom. The first-order valence-electron chi connectivity index (χ1n) is 5.99. The number of carbonyl (C=O) groups is 1. The van der Waals surface area contributed by atoms with E-state index >= 15 is 0 Å². The molecule has 3 heteroatoms. The van der Waals surface area contributed by atoms with Crippen molar-refractivity contribution in [2.24, 2.45) is 0 Å². The van der Waals surface area contributed by atoms with Gasteiger partial charge >= 0.3 is 5.97 Å². The van der Waals surface area contributed by atoms with Crippen LogP contribution in [0.15, 0.2) is 36.4 Å². The maximum atomic E-state index is 11.2. The Kier molecular flexibility index (Phi) is 4.68. The van der Waals surface area contributed by atoms with E-state index in [1.165, 1.54) is 5.56 Å².